The Balaban J connectivity index is 0.000000166. The Labute approximate surface area is 341 Å². The molecule has 0 amide bonds. The monoisotopic (exact) mass is 877 g/mol. The fourth-order valence-electron chi connectivity index (χ4n) is 7.45. The van der Waals surface area contributed by atoms with Gasteiger partial charge in [0.2, 0.25) is 5.36 Å². The van der Waals surface area contributed by atoms with Crippen LogP contribution in [-0.4, -0.2) is 88.9 Å². The van der Waals surface area contributed by atoms with E-state index in [9.17, 15) is 4.79 Å². The Hall–Kier alpha value is -3.27. The Morgan fingerprint density at radius 2 is 1.11 bits per heavy atom. The van der Waals surface area contributed by atoms with Crippen LogP contribution in [0, 0.1) is 0 Å². The van der Waals surface area contributed by atoms with Gasteiger partial charge in [-0.25, -0.2) is 14.5 Å². The van der Waals surface area contributed by atoms with Crippen molar-refractivity contribution < 1.29 is 38.2 Å². The summed E-state index contributed by atoms with van der Waals surface area (Å²) in [5.41, 5.74) is 9.00. The highest BCUT2D eigenvalue weighted by atomic mass is 127. The standard InChI is InChI=1S/C23H28N3O2S.C19H20N2O2S.HI/c1-2-3-17-14-20-23(16-21(17)26-8-12-28-13-9-26)29-22-15-18(4-5-19(22)24-20)25-6-10-27-11-7-25;1-2-3-13-10-16-19(12-17(13)22)24-18-11-14(4-5-15(18)20-16)21-6-8-23-9-7-21;/h4-5,14-16H,2-3,6-13H2,1H3;4-5,10-12H,2-3,6-9H2,1H3;1H/q+1;;/p-1. The van der Waals surface area contributed by atoms with Crippen LogP contribution < -0.4 is 49.1 Å². The number of rotatable bonds is 6. The maximum absolute atomic E-state index is 12.2. The second-order valence-electron chi connectivity index (χ2n) is 13.9. The third kappa shape index (κ3) is 8.74. The van der Waals surface area contributed by atoms with E-state index in [-0.39, 0.29) is 29.4 Å². The van der Waals surface area contributed by atoms with E-state index in [4.69, 9.17) is 24.2 Å². The molecule has 54 heavy (non-hydrogen) atoms. The van der Waals surface area contributed by atoms with Gasteiger partial charge in [0, 0.05) is 60.8 Å². The molecule has 9 rings (SSSR count). The fourth-order valence-corrected chi connectivity index (χ4v) is 9.48. The van der Waals surface area contributed by atoms with Gasteiger partial charge < -0.3 is 48.0 Å². The highest BCUT2D eigenvalue weighted by Crippen LogP contribution is 2.34. The number of nitrogens with zero attached hydrogens (tertiary/aromatic N) is 5. The van der Waals surface area contributed by atoms with E-state index in [0.717, 1.165) is 142 Å². The van der Waals surface area contributed by atoms with E-state index in [1.807, 2.05) is 17.4 Å². The van der Waals surface area contributed by atoms with Crippen LogP contribution in [0.15, 0.2) is 65.5 Å². The molecule has 12 heteroatoms. The number of hydrogen-bond donors (Lipinski definition) is 0. The number of anilines is 2. The van der Waals surface area contributed by atoms with Gasteiger partial charge in [-0.2, -0.15) is 0 Å². The zero-order chi connectivity index (χ0) is 36.1. The van der Waals surface area contributed by atoms with Crippen molar-refractivity contribution in [1.29, 1.82) is 0 Å². The predicted molar refractivity (Wildman–Crippen MR) is 219 cm³/mol. The molecular formula is C42H48IN5O4S2. The van der Waals surface area contributed by atoms with E-state index in [1.54, 1.807) is 17.4 Å². The second-order valence-corrected chi connectivity index (χ2v) is 16.1. The van der Waals surface area contributed by atoms with Crippen molar-refractivity contribution in [2.24, 2.45) is 0 Å². The number of morpholine rings is 3. The molecule has 2 aromatic carbocycles. The molecule has 0 unspecified atom stereocenters. The van der Waals surface area contributed by atoms with Crippen LogP contribution in [0.3, 0.4) is 0 Å². The summed E-state index contributed by atoms with van der Waals surface area (Å²) in [5.74, 6) is 0. The SMILES string of the molecule is CCCc1cc2nc3ccc(N4CCOCC4)cc3sc-2cc1=O.CCCc1cc2nc3ccc(N4CCOCC4)cc3sc-2cc1=[N+]1CCOCC1.[I-]. The van der Waals surface area contributed by atoms with Crippen LogP contribution in [0.1, 0.15) is 37.8 Å². The van der Waals surface area contributed by atoms with Crippen LogP contribution in [-0.2, 0) is 27.1 Å². The Bertz CT molecular complexity index is 2270. The number of halogens is 1. The lowest BCUT2D eigenvalue weighted by Gasteiger charge is -2.29. The van der Waals surface area contributed by atoms with Crippen molar-refractivity contribution >= 4 is 54.5 Å². The molecule has 0 radical (unpaired) electrons. The van der Waals surface area contributed by atoms with Gasteiger partial charge in [-0.3, -0.25) is 4.79 Å². The van der Waals surface area contributed by atoms with Gasteiger partial charge in [0.25, 0.3) is 0 Å². The number of aryl methyl sites for hydroxylation is 2. The average molecular weight is 878 g/mol. The third-order valence-electron chi connectivity index (χ3n) is 10.3. The summed E-state index contributed by atoms with van der Waals surface area (Å²) in [7, 11) is 0. The lowest BCUT2D eigenvalue weighted by molar-refractivity contribution is -0.0000129. The average Bonchev–Trinajstić information content (AvgIpc) is 3.20. The fraction of sp³-hybridized carbons (Fsp3) is 0.429. The van der Waals surface area contributed by atoms with Crippen LogP contribution in [0.5, 0.6) is 0 Å². The quantitative estimate of drug-likeness (QED) is 0.143. The molecule has 2 aliphatic carbocycles. The maximum atomic E-state index is 12.2. The van der Waals surface area contributed by atoms with Gasteiger partial charge in [-0.1, -0.05) is 26.7 Å². The topological polar surface area (TPSA) is 80.0 Å². The molecule has 2 aromatic rings. The summed E-state index contributed by atoms with van der Waals surface area (Å²) in [4.78, 5) is 29.0. The highest BCUT2D eigenvalue weighted by molar-refractivity contribution is 7.21. The molecule has 7 aliphatic rings. The molecule has 3 fully saturated rings. The molecule has 0 bridgehead atoms. The first kappa shape index (κ1) is 39.0. The Morgan fingerprint density at radius 3 is 1.65 bits per heavy atom. The normalized spacial score (nSPS) is 16.4. The van der Waals surface area contributed by atoms with Crippen molar-refractivity contribution in [1.82, 2.24) is 14.5 Å². The lowest BCUT2D eigenvalue weighted by atomic mass is 10.1. The zero-order valence-electron chi connectivity index (χ0n) is 31.2. The number of fused-ring (bicyclic) bond motifs is 4. The second kappa shape index (κ2) is 18.1. The Morgan fingerprint density at radius 1 is 0.630 bits per heavy atom. The minimum absolute atomic E-state index is 0. The van der Waals surface area contributed by atoms with Gasteiger partial charge in [0.15, 0.2) is 18.5 Å². The maximum Gasteiger partial charge on any atom is 0.204 e. The molecule has 5 aliphatic heterocycles. The van der Waals surface area contributed by atoms with Crippen molar-refractivity contribution in [3.05, 3.63) is 87.4 Å². The molecule has 0 atom stereocenters. The summed E-state index contributed by atoms with van der Waals surface area (Å²) in [5, 5.41) is 1.37. The molecule has 0 aromatic heterocycles. The molecule has 0 saturated carbocycles. The van der Waals surface area contributed by atoms with Crippen LogP contribution in [0.4, 0.5) is 11.4 Å². The predicted octanol–water partition coefficient (Wildman–Crippen LogP) is 3.55. The minimum atomic E-state index is 0. The lowest BCUT2D eigenvalue weighted by Crippen LogP contribution is -3.00. The molecule has 3 saturated heterocycles. The summed E-state index contributed by atoms with van der Waals surface area (Å²) >= 11 is 3.51. The summed E-state index contributed by atoms with van der Waals surface area (Å²) in [6, 6.07) is 21.5. The smallest absolute Gasteiger partial charge is 0.204 e. The third-order valence-corrected chi connectivity index (χ3v) is 12.4. The first-order chi connectivity index (χ1) is 26.1. The van der Waals surface area contributed by atoms with Gasteiger partial charge in [0.05, 0.1) is 68.0 Å². The zero-order valence-corrected chi connectivity index (χ0v) is 34.9. The van der Waals surface area contributed by atoms with Gasteiger partial charge in [0.1, 0.15) is 13.2 Å². The highest BCUT2D eigenvalue weighted by Gasteiger charge is 2.20. The Kier molecular flexibility index (Phi) is 13.1. The van der Waals surface area contributed by atoms with Crippen LogP contribution >= 0.6 is 22.7 Å². The number of hydrogen-bond acceptors (Lipinski definition) is 10. The van der Waals surface area contributed by atoms with E-state index in [0.29, 0.717) is 0 Å². The van der Waals surface area contributed by atoms with Crippen LogP contribution in [0.2, 0.25) is 0 Å². The first-order valence-electron chi connectivity index (χ1n) is 19.1. The number of aromatic nitrogens is 2. The van der Waals surface area contributed by atoms with Gasteiger partial charge in [-0.15, -0.1) is 22.7 Å². The molecule has 0 spiro atoms. The van der Waals surface area contributed by atoms with Gasteiger partial charge in [-0.05, 0) is 61.4 Å². The molecule has 9 nitrogen and oxygen atoms in total. The summed E-state index contributed by atoms with van der Waals surface area (Å²) < 4.78 is 21.3. The first-order valence-corrected chi connectivity index (χ1v) is 20.8. The van der Waals surface area contributed by atoms with Crippen molar-refractivity contribution in [2.75, 3.05) is 88.7 Å². The molecule has 284 valence electrons. The van der Waals surface area contributed by atoms with E-state index in [2.05, 4.69) is 76.8 Å². The van der Waals surface area contributed by atoms with E-state index < -0.39 is 0 Å². The van der Waals surface area contributed by atoms with Crippen molar-refractivity contribution in [2.45, 2.75) is 39.5 Å². The molecular weight excluding hydrogens is 830 g/mol. The van der Waals surface area contributed by atoms with Gasteiger partial charge >= 0.3 is 0 Å². The van der Waals surface area contributed by atoms with Crippen LogP contribution in [0.25, 0.3) is 41.6 Å². The number of benzene rings is 4. The molecule has 0 N–H and O–H groups in total. The van der Waals surface area contributed by atoms with Crippen molar-refractivity contribution in [3.63, 3.8) is 0 Å². The summed E-state index contributed by atoms with van der Waals surface area (Å²) in [6.45, 7) is 14.8. The molecule has 5 heterocycles. The van der Waals surface area contributed by atoms with Crippen molar-refractivity contribution in [3.8, 4) is 21.1 Å². The van der Waals surface area contributed by atoms with E-state index in [1.165, 1.54) is 31.9 Å². The summed E-state index contributed by atoms with van der Waals surface area (Å²) in [6.07, 6.45) is 4.02. The van der Waals surface area contributed by atoms with E-state index >= 15 is 0 Å². The minimum Gasteiger partial charge on any atom is -1.00 e. The number of ether oxygens (including phenoxy) is 3. The largest absolute Gasteiger partial charge is 1.00 e.